The lowest BCUT2D eigenvalue weighted by molar-refractivity contribution is 0.745. The molecule has 0 aliphatic rings. The number of aryl methyl sites for hydroxylation is 1. The average molecular weight is 280 g/mol. The largest absolute Gasteiger partial charge is 0.330 e. The molecule has 0 bridgehead atoms. The van der Waals surface area contributed by atoms with Crippen molar-refractivity contribution in [3.8, 4) is 11.3 Å². The van der Waals surface area contributed by atoms with Crippen LogP contribution in [0.3, 0.4) is 0 Å². The molecular weight excluding hydrogens is 266 g/mol. The number of benzene rings is 1. The molecule has 84 valence electrons. The maximum atomic E-state index is 5.52. The number of hydrogen-bond acceptors (Lipinski definition) is 2. The molecule has 1 aromatic heterocycles. The summed E-state index contributed by atoms with van der Waals surface area (Å²) in [5, 5.41) is 4.42. The van der Waals surface area contributed by atoms with Gasteiger partial charge < -0.3 is 5.73 Å². The van der Waals surface area contributed by atoms with E-state index in [1.165, 1.54) is 5.56 Å². The van der Waals surface area contributed by atoms with Crippen LogP contribution in [0.4, 0.5) is 0 Å². The van der Waals surface area contributed by atoms with Crippen LogP contribution in [0.1, 0.15) is 5.69 Å². The second kappa shape index (κ2) is 4.80. The topological polar surface area (TPSA) is 43.8 Å². The molecule has 2 rings (SSSR count). The fourth-order valence-electron chi connectivity index (χ4n) is 1.69. The van der Waals surface area contributed by atoms with E-state index >= 15 is 0 Å². The molecule has 0 spiro atoms. The smallest absolute Gasteiger partial charge is 0.0681 e. The lowest BCUT2D eigenvalue weighted by Crippen LogP contribution is -2.03. The van der Waals surface area contributed by atoms with Gasteiger partial charge in [0, 0.05) is 17.9 Å². The minimum Gasteiger partial charge on any atom is -0.330 e. The van der Waals surface area contributed by atoms with E-state index in [9.17, 15) is 0 Å². The summed E-state index contributed by atoms with van der Waals surface area (Å²) in [6.45, 7) is 0.636. The van der Waals surface area contributed by atoms with Crippen molar-refractivity contribution in [3.63, 3.8) is 0 Å². The quantitative estimate of drug-likeness (QED) is 0.938. The summed E-state index contributed by atoms with van der Waals surface area (Å²) < 4.78 is 2.98. The summed E-state index contributed by atoms with van der Waals surface area (Å²) in [4.78, 5) is 0. The molecule has 0 aliphatic heterocycles. The van der Waals surface area contributed by atoms with Gasteiger partial charge in [0.25, 0.3) is 0 Å². The highest BCUT2D eigenvalue weighted by molar-refractivity contribution is 9.10. The normalized spacial score (nSPS) is 10.7. The van der Waals surface area contributed by atoms with Gasteiger partial charge in [0.2, 0.25) is 0 Å². The van der Waals surface area contributed by atoms with Crippen molar-refractivity contribution < 1.29 is 0 Å². The Hall–Kier alpha value is -1.13. The minimum absolute atomic E-state index is 0.636. The second-order valence-corrected chi connectivity index (χ2v) is 4.61. The van der Waals surface area contributed by atoms with E-state index in [-0.39, 0.29) is 0 Å². The van der Waals surface area contributed by atoms with Crippen LogP contribution in [0.25, 0.3) is 11.3 Å². The van der Waals surface area contributed by atoms with Crippen molar-refractivity contribution in [1.82, 2.24) is 9.78 Å². The first-order chi connectivity index (χ1) is 7.70. The molecule has 1 heterocycles. The Morgan fingerprint density at radius 1 is 1.31 bits per heavy atom. The Bertz CT molecular complexity index is 474. The Labute approximate surface area is 103 Å². The summed E-state index contributed by atoms with van der Waals surface area (Å²) in [6.07, 6.45) is 0.824. The van der Waals surface area contributed by atoms with Gasteiger partial charge in [-0.15, -0.1) is 0 Å². The van der Waals surface area contributed by atoms with Crippen LogP contribution in [0.5, 0.6) is 0 Å². The van der Waals surface area contributed by atoms with Crippen molar-refractivity contribution in [1.29, 1.82) is 0 Å². The number of hydrogen-bond donors (Lipinski definition) is 1. The van der Waals surface area contributed by atoms with Crippen molar-refractivity contribution >= 4 is 15.9 Å². The Balaban J connectivity index is 2.36. The molecule has 2 aromatic rings. The molecule has 0 atom stereocenters. The van der Waals surface area contributed by atoms with Crippen LogP contribution in [-0.4, -0.2) is 16.3 Å². The molecular formula is C12H14BrN3. The average Bonchev–Trinajstić information content (AvgIpc) is 2.61. The van der Waals surface area contributed by atoms with Gasteiger partial charge in [-0.25, -0.2) is 0 Å². The number of rotatable bonds is 3. The molecule has 0 amide bonds. The van der Waals surface area contributed by atoms with E-state index in [1.807, 2.05) is 23.9 Å². The lowest BCUT2D eigenvalue weighted by atomic mass is 10.1. The lowest BCUT2D eigenvalue weighted by Gasteiger charge is -2.01. The molecule has 1 aromatic carbocycles. The first-order valence-corrected chi connectivity index (χ1v) is 5.99. The fourth-order valence-corrected chi connectivity index (χ4v) is 1.95. The zero-order valence-electron chi connectivity index (χ0n) is 9.15. The van der Waals surface area contributed by atoms with E-state index in [4.69, 9.17) is 5.73 Å². The zero-order valence-corrected chi connectivity index (χ0v) is 10.7. The van der Waals surface area contributed by atoms with Crippen molar-refractivity contribution in [2.45, 2.75) is 6.42 Å². The minimum atomic E-state index is 0.636. The standard InChI is InChI=1S/C12H14BrN3/c1-16-12(8-11(15-16)6-7-14)9-2-4-10(13)5-3-9/h2-5,8H,6-7,14H2,1H3. The highest BCUT2D eigenvalue weighted by atomic mass is 79.9. The molecule has 0 saturated heterocycles. The van der Waals surface area contributed by atoms with Crippen molar-refractivity contribution in [2.24, 2.45) is 12.8 Å². The molecule has 2 N–H and O–H groups in total. The van der Waals surface area contributed by atoms with E-state index in [0.717, 1.165) is 22.3 Å². The molecule has 0 fully saturated rings. The summed E-state index contributed by atoms with van der Waals surface area (Å²) in [6, 6.07) is 10.3. The number of nitrogens with two attached hydrogens (primary N) is 1. The van der Waals surface area contributed by atoms with Gasteiger partial charge in [-0.3, -0.25) is 4.68 Å². The first-order valence-electron chi connectivity index (χ1n) is 5.19. The Morgan fingerprint density at radius 2 is 2.00 bits per heavy atom. The molecule has 4 heteroatoms. The van der Waals surface area contributed by atoms with Crippen LogP contribution in [-0.2, 0) is 13.5 Å². The first kappa shape index (κ1) is 11.4. The monoisotopic (exact) mass is 279 g/mol. The molecule has 0 saturated carbocycles. The number of aromatic nitrogens is 2. The van der Waals surface area contributed by atoms with E-state index in [2.05, 4.69) is 39.2 Å². The maximum absolute atomic E-state index is 5.52. The number of halogens is 1. The van der Waals surface area contributed by atoms with Gasteiger partial charge in [0.05, 0.1) is 11.4 Å². The predicted octanol–water partition coefficient (Wildman–Crippen LogP) is 2.35. The molecule has 0 radical (unpaired) electrons. The third kappa shape index (κ3) is 2.33. The Morgan fingerprint density at radius 3 is 2.62 bits per heavy atom. The van der Waals surface area contributed by atoms with Gasteiger partial charge in [-0.1, -0.05) is 28.1 Å². The molecule has 16 heavy (non-hydrogen) atoms. The summed E-state index contributed by atoms with van der Waals surface area (Å²) in [7, 11) is 1.96. The summed E-state index contributed by atoms with van der Waals surface area (Å²) >= 11 is 3.43. The van der Waals surface area contributed by atoms with Crippen molar-refractivity contribution in [3.05, 3.63) is 40.5 Å². The molecule has 0 aliphatic carbocycles. The Kier molecular flexibility index (Phi) is 3.41. The van der Waals surface area contributed by atoms with Gasteiger partial charge in [-0.2, -0.15) is 5.10 Å². The zero-order chi connectivity index (χ0) is 11.5. The molecule has 0 unspecified atom stereocenters. The highest BCUT2D eigenvalue weighted by Gasteiger charge is 2.06. The van der Waals surface area contributed by atoms with E-state index < -0.39 is 0 Å². The van der Waals surface area contributed by atoms with Crippen LogP contribution < -0.4 is 5.73 Å². The molecule has 3 nitrogen and oxygen atoms in total. The van der Waals surface area contributed by atoms with E-state index in [0.29, 0.717) is 6.54 Å². The van der Waals surface area contributed by atoms with E-state index in [1.54, 1.807) is 0 Å². The van der Waals surface area contributed by atoms with Gasteiger partial charge in [-0.05, 0) is 30.3 Å². The van der Waals surface area contributed by atoms with Gasteiger partial charge in [0.15, 0.2) is 0 Å². The van der Waals surface area contributed by atoms with Gasteiger partial charge in [0.1, 0.15) is 0 Å². The fraction of sp³-hybridized carbons (Fsp3) is 0.250. The third-order valence-electron chi connectivity index (χ3n) is 2.47. The van der Waals surface area contributed by atoms with Crippen LogP contribution in [0.2, 0.25) is 0 Å². The van der Waals surface area contributed by atoms with Crippen LogP contribution >= 0.6 is 15.9 Å². The SMILES string of the molecule is Cn1nc(CCN)cc1-c1ccc(Br)cc1. The third-order valence-corrected chi connectivity index (χ3v) is 3.00. The van der Waals surface area contributed by atoms with Crippen LogP contribution in [0, 0.1) is 0 Å². The number of nitrogens with zero attached hydrogens (tertiary/aromatic N) is 2. The summed E-state index contributed by atoms with van der Waals surface area (Å²) in [5.74, 6) is 0. The van der Waals surface area contributed by atoms with Gasteiger partial charge >= 0.3 is 0 Å². The van der Waals surface area contributed by atoms with Crippen LogP contribution in [0.15, 0.2) is 34.8 Å². The summed E-state index contributed by atoms with van der Waals surface area (Å²) in [5.41, 5.74) is 8.86. The second-order valence-electron chi connectivity index (χ2n) is 3.69. The predicted molar refractivity (Wildman–Crippen MR) is 69.1 cm³/mol. The highest BCUT2D eigenvalue weighted by Crippen LogP contribution is 2.22. The maximum Gasteiger partial charge on any atom is 0.0681 e. The van der Waals surface area contributed by atoms with Crippen molar-refractivity contribution in [2.75, 3.05) is 6.54 Å².